The van der Waals surface area contributed by atoms with Gasteiger partial charge in [0.2, 0.25) is 5.41 Å². The van der Waals surface area contributed by atoms with Crippen LogP contribution in [0.1, 0.15) is 97.1 Å². The molecule has 0 bridgehead atoms. The maximum atomic E-state index is 14.5. The predicted octanol–water partition coefficient (Wildman–Crippen LogP) is 8.57. The summed E-state index contributed by atoms with van der Waals surface area (Å²) in [7, 11) is 0. The number of hydrogen-bond acceptors (Lipinski definition) is 4. The van der Waals surface area contributed by atoms with Gasteiger partial charge in [0.05, 0.1) is 24.3 Å². The lowest BCUT2D eigenvalue weighted by Crippen LogP contribution is -2.54. The first-order chi connectivity index (χ1) is 18.4. The van der Waals surface area contributed by atoms with Crippen LogP contribution in [0.2, 0.25) is 0 Å². The van der Waals surface area contributed by atoms with E-state index in [4.69, 9.17) is 9.47 Å². The van der Waals surface area contributed by atoms with Crippen molar-refractivity contribution in [2.75, 3.05) is 13.2 Å². The Morgan fingerprint density at radius 2 is 1.10 bits per heavy atom. The molecule has 0 aliphatic rings. The summed E-state index contributed by atoms with van der Waals surface area (Å²) in [4.78, 5) is 24.7. The van der Waals surface area contributed by atoms with Crippen molar-refractivity contribution in [3.8, 4) is 0 Å². The normalized spacial score (nSPS) is 12.3. The fourth-order valence-electron chi connectivity index (χ4n) is 4.27. The van der Waals surface area contributed by atoms with Crippen LogP contribution in [0.4, 0.5) is 26.3 Å². The molecule has 39 heavy (non-hydrogen) atoms. The maximum Gasteiger partial charge on any atom is 0.411 e. The Morgan fingerprint density at radius 1 is 0.615 bits per heavy atom. The minimum absolute atomic E-state index is 0.00289. The van der Waals surface area contributed by atoms with Gasteiger partial charge in [0.15, 0.2) is 0 Å². The third-order valence-electron chi connectivity index (χ3n) is 6.40. The van der Waals surface area contributed by atoms with Crippen molar-refractivity contribution < 1.29 is 45.4 Å². The van der Waals surface area contributed by atoms with Crippen LogP contribution in [-0.4, -0.2) is 37.5 Å². The number of ether oxygens (including phenoxy) is 2. The van der Waals surface area contributed by atoms with Gasteiger partial charge in [0.1, 0.15) is 0 Å². The van der Waals surface area contributed by atoms with E-state index in [0.29, 0.717) is 37.1 Å². The highest BCUT2D eigenvalue weighted by atomic mass is 19.4. The van der Waals surface area contributed by atoms with Crippen LogP contribution in [0.15, 0.2) is 48.5 Å². The Kier molecular flexibility index (Phi) is 11.9. The van der Waals surface area contributed by atoms with Gasteiger partial charge in [-0.3, -0.25) is 0 Å². The SMILES string of the molecule is CCCCCCOC(=O)c1ccc(C(c2cccc(C(=O)OCCCCCC)c2)(C(F)(F)F)C(F)(F)F)cc1. The molecule has 2 aromatic carbocycles. The lowest BCUT2D eigenvalue weighted by Gasteiger charge is -2.38. The largest absolute Gasteiger partial charge is 0.462 e. The number of rotatable bonds is 14. The molecule has 0 heterocycles. The Bertz CT molecular complexity index is 1050. The lowest BCUT2D eigenvalue weighted by molar-refractivity contribution is -0.288. The quantitative estimate of drug-likeness (QED) is 0.132. The molecular formula is C29H34F6O4. The van der Waals surface area contributed by atoms with E-state index in [0.717, 1.165) is 62.8 Å². The van der Waals surface area contributed by atoms with Gasteiger partial charge >= 0.3 is 24.3 Å². The highest BCUT2D eigenvalue weighted by Crippen LogP contribution is 2.56. The molecule has 0 saturated carbocycles. The van der Waals surface area contributed by atoms with Crippen LogP contribution in [0.25, 0.3) is 0 Å². The van der Waals surface area contributed by atoms with E-state index in [1.165, 1.54) is 0 Å². The molecule has 2 aromatic rings. The standard InChI is InChI=1S/C29H34F6O4/c1-3-5-7-9-18-38-25(36)21-14-16-23(17-15-21)27(28(30,31)32,29(33,34)35)24-13-11-12-22(20-24)26(37)39-19-10-8-6-4-2/h11-17,20H,3-10,18-19H2,1-2H3. The summed E-state index contributed by atoms with van der Waals surface area (Å²) in [6, 6.07) is 6.30. The highest BCUT2D eigenvalue weighted by Gasteiger charge is 2.72. The zero-order valence-corrected chi connectivity index (χ0v) is 22.1. The van der Waals surface area contributed by atoms with Gasteiger partial charge in [-0.1, -0.05) is 76.6 Å². The Balaban J connectivity index is 2.41. The summed E-state index contributed by atoms with van der Waals surface area (Å²) in [5.41, 5.74) is -7.39. The fraction of sp³-hybridized carbons (Fsp3) is 0.517. The second kappa shape index (κ2) is 14.4. The first kappa shape index (κ1) is 32.2. The molecule has 10 heteroatoms. The molecule has 0 amide bonds. The molecule has 0 unspecified atom stereocenters. The number of carbonyl (C=O) groups is 2. The first-order valence-electron chi connectivity index (χ1n) is 13.1. The molecule has 0 aliphatic carbocycles. The Labute approximate surface area is 224 Å². The van der Waals surface area contributed by atoms with Crippen molar-refractivity contribution in [1.29, 1.82) is 0 Å². The molecule has 0 atom stereocenters. The third-order valence-corrected chi connectivity index (χ3v) is 6.40. The van der Waals surface area contributed by atoms with Crippen LogP contribution in [0.5, 0.6) is 0 Å². The van der Waals surface area contributed by atoms with Crippen molar-refractivity contribution in [1.82, 2.24) is 0 Å². The Morgan fingerprint density at radius 3 is 1.56 bits per heavy atom. The maximum absolute atomic E-state index is 14.5. The summed E-state index contributed by atoms with van der Waals surface area (Å²) < 4.78 is 97.1. The van der Waals surface area contributed by atoms with Gasteiger partial charge in [-0.2, -0.15) is 26.3 Å². The van der Waals surface area contributed by atoms with Crippen LogP contribution >= 0.6 is 0 Å². The summed E-state index contributed by atoms with van der Waals surface area (Å²) in [5.74, 6) is -1.85. The van der Waals surface area contributed by atoms with Gasteiger partial charge in [0.25, 0.3) is 0 Å². The minimum atomic E-state index is -5.84. The highest BCUT2D eigenvalue weighted by molar-refractivity contribution is 5.90. The summed E-state index contributed by atoms with van der Waals surface area (Å²) in [5, 5.41) is 0. The average Bonchev–Trinajstić information content (AvgIpc) is 2.87. The van der Waals surface area contributed by atoms with Crippen LogP contribution in [0, 0.1) is 0 Å². The molecule has 0 saturated heterocycles. The summed E-state index contributed by atoms with van der Waals surface area (Å²) in [6.07, 6.45) is -5.19. The topological polar surface area (TPSA) is 52.6 Å². The number of hydrogen-bond donors (Lipinski definition) is 0. The van der Waals surface area contributed by atoms with Crippen LogP contribution in [0.3, 0.4) is 0 Å². The number of carbonyl (C=O) groups excluding carboxylic acids is 2. The molecule has 4 nitrogen and oxygen atoms in total. The number of benzene rings is 2. The summed E-state index contributed by atoms with van der Waals surface area (Å²) >= 11 is 0. The van der Waals surface area contributed by atoms with E-state index in [9.17, 15) is 35.9 Å². The lowest BCUT2D eigenvalue weighted by atomic mass is 9.72. The molecule has 0 N–H and O–H groups in total. The zero-order valence-electron chi connectivity index (χ0n) is 22.1. The van der Waals surface area contributed by atoms with E-state index >= 15 is 0 Å². The van der Waals surface area contributed by atoms with E-state index in [1.54, 1.807) is 0 Å². The number of halogens is 6. The van der Waals surface area contributed by atoms with Crippen molar-refractivity contribution in [3.05, 3.63) is 70.8 Å². The van der Waals surface area contributed by atoms with Gasteiger partial charge < -0.3 is 9.47 Å². The zero-order chi connectivity index (χ0) is 29.1. The molecular weight excluding hydrogens is 526 g/mol. The van der Waals surface area contributed by atoms with E-state index in [2.05, 4.69) is 0 Å². The van der Waals surface area contributed by atoms with E-state index in [1.807, 2.05) is 13.8 Å². The smallest absolute Gasteiger partial charge is 0.411 e. The molecule has 2 rings (SSSR count). The molecule has 0 fully saturated rings. The second-order valence-corrected chi connectivity index (χ2v) is 9.30. The number of unbranched alkanes of at least 4 members (excludes halogenated alkanes) is 6. The van der Waals surface area contributed by atoms with Crippen molar-refractivity contribution in [2.45, 2.75) is 83.0 Å². The first-order valence-corrected chi connectivity index (χ1v) is 13.1. The molecule has 0 radical (unpaired) electrons. The van der Waals surface area contributed by atoms with E-state index in [-0.39, 0.29) is 18.8 Å². The van der Waals surface area contributed by atoms with Gasteiger partial charge in [-0.25, -0.2) is 9.59 Å². The average molecular weight is 561 g/mol. The molecule has 0 spiro atoms. The Hall–Kier alpha value is -3.04. The summed E-state index contributed by atoms with van der Waals surface area (Å²) in [6.45, 7) is 4.09. The minimum Gasteiger partial charge on any atom is -0.462 e. The predicted molar refractivity (Wildman–Crippen MR) is 135 cm³/mol. The molecule has 0 aromatic heterocycles. The third kappa shape index (κ3) is 7.99. The fourth-order valence-corrected chi connectivity index (χ4v) is 4.27. The van der Waals surface area contributed by atoms with Crippen molar-refractivity contribution in [2.24, 2.45) is 0 Å². The number of esters is 2. The van der Waals surface area contributed by atoms with Crippen molar-refractivity contribution in [3.63, 3.8) is 0 Å². The molecule has 216 valence electrons. The second-order valence-electron chi connectivity index (χ2n) is 9.30. The van der Waals surface area contributed by atoms with Gasteiger partial charge in [-0.05, 0) is 48.2 Å². The number of alkyl halides is 6. The monoisotopic (exact) mass is 560 g/mol. The van der Waals surface area contributed by atoms with Crippen LogP contribution in [-0.2, 0) is 14.9 Å². The van der Waals surface area contributed by atoms with E-state index < -0.39 is 46.4 Å². The van der Waals surface area contributed by atoms with Gasteiger partial charge in [-0.15, -0.1) is 0 Å². The van der Waals surface area contributed by atoms with Gasteiger partial charge in [0, 0.05) is 0 Å². The molecule has 0 aliphatic heterocycles. The van der Waals surface area contributed by atoms with Crippen LogP contribution < -0.4 is 0 Å². The van der Waals surface area contributed by atoms with Crippen molar-refractivity contribution >= 4 is 11.9 Å².